The lowest BCUT2D eigenvalue weighted by atomic mass is 10.1. The van der Waals surface area contributed by atoms with Crippen molar-refractivity contribution in [3.8, 4) is 0 Å². The summed E-state index contributed by atoms with van der Waals surface area (Å²) in [6.45, 7) is 2.20. The van der Waals surface area contributed by atoms with Gasteiger partial charge in [0.15, 0.2) is 0 Å². The van der Waals surface area contributed by atoms with E-state index in [1.54, 1.807) is 0 Å². The summed E-state index contributed by atoms with van der Waals surface area (Å²) >= 11 is 9.40. The van der Waals surface area contributed by atoms with Gasteiger partial charge >= 0.3 is 0 Å². The third kappa shape index (κ3) is 3.10. The summed E-state index contributed by atoms with van der Waals surface area (Å²) in [6.07, 6.45) is 2.35. The van der Waals surface area contributed by atoms with Gasteiger partial charge < -0.3 is 10.6 Å². The molecule has 1 saturated heterocycles. The lowest BCUT2D eigenvalue weighted by Crippen LogP contribution is -2.35. The highest BCUT2D eigenvalue weighted by molar-refractivity contribution is 9.10. The lowest BCUT2D eigenvalue weighted by molar-refractivity contribution is 0.479. The van der Waals surface area contributed by atoms with Crippen LogP contribution in [-0.4, -0.2) is 19.1 Å². The van der Waals surface area contributed by atoms with Crippen LogP contribution in [-0.2, 0) is 0 Å². The molecule has 1 aromatic rings. The molecule has 0 unspecified atom stereocenters. The van der Waals surface area contributed by atoms with Crippen LogP contribution in [0.2, 0.25) is 5.02 Å². The first-order chi connectivity index (χ1) is 7.25. The van der Waals surface area contributed by atoms with E-state index in [1.807, 2.05) is 18.2 Å². The molecule has 0 aliphatic carbocycles. The van der Waals surface area contributed by atoms with Crippen molar-refractivity contribution < 1.29 is 0 Å². The highest BCUT2D eigenvalue weighted by Crippen LogP contribution is 2.27. The van der Waals surface area contributed by atoms with Crippen molar-refractivity contribution >= 4 is 33.2 Å². The van der Waals surface area contributed by atoms with Crippen LogP contribution in [0.5, 0.6) is 0 Å². The van der Waals surface area contributed by atoms with Gasteiger partial charge in [-0.1, -0.05) is 11.6 Å². The molecule has 0 aromatic heterocycles. The fourth-order valence-corrected chi connectivity index (χ4v) is 2.59. The van der Waals surface area contributed by atoms with E-state index < -0.39 is 0 Å². The highest BCUT2D eigenvalue weighted by Gasteiger charge is 2.13. The minimum absolute atomic E-state index is 0.573. The van der Waals surface area contributed by atoms with Gasteiger partial charge in [0.25, 0.3) is 0 Å². The quantitative estimate of drug-likeness (QED) is 0.873. The summed E-state index contributed by atoms with van der Waals surface area (Å²) in [5, 5.41) is 7.64. The largest absolute Gasteiger partial charge is 0.381 e. The molecular formula is C11H14BrClN2. The number of hydrogen-bond donors (Lipinski definition) is 2. The summed E-state index contributed by atoms with van der Waals surface area (Å²) in [5.74, 6) is 0. The maximum absolute atomic E-state index is 5.89. The van der Waals surface area contributed by atoms with E-state index in [1.165, 1.54) is 12.8 Å². The number of hydrogen-bond acceptors (Lipinski definition) is 2. The first-order valence-corrected chi connectivity index (χ1v) is 6.35. The Bertz CT molecular complexity index is 337. The SMILES string of the molecule is Clc1ccc(NC2CCNCC2)c(Br)c1. The molecule has 2 nitrogen and oxygen atoms in total. The van der Waals surface area contributed by atoms with Gasteiger partial charge in [0.2, 0.25) is 0 Å². The second kappa shape index (κ2) is 5.19. The van der Waals surface area contributed by atoms with Crippen molar-refractivity contribution in [3.05, 3.63) is 27.7 Å². The maximum Gasteiger partial charge on any atom is 0.0487 e. The zero-order valence-electron chi connectivity index (χ0n) is 8.39. The predicted octanol–water partition coefficient (Wildman–Crippen LogP) is 3.27. The molecule has 2 N–H and O–H groups in total. The number of rotatable bonds is 2. The van der Waals surface area contributed by atoms with Crippen molar-refractivity contribution in [1.29, 1.82) is 0 Å². The average Bonchev–Trinajstić information content (AvgIpc) is 2.24. The van der Waals surface area contributed by atoms with Crippen LogP contribution in [0.4, 0.5) is 5.69 Å². The lowest BCUT2D eigenvalue weighted by Gasteiger charge is -2.25. The van der Waals surface area contributed by atoms with Gasteiger partial charge in [-0.25, -0.2) is 0 Å². The average molecular weight is 290 g/mol. The third-order valence-corrected chi connectivity index (χ3v) is 3.52. The van der Waals surface area contributed by atoms with Gasteiger partial charge in [-0.3, -0.25) is 0 Å². The molecule has 0 radical (unpaired) electrons. The molecule has 0 spiro atoms. The van der Waals surface area contributed by atoms with E-state index in [-0.39, 0.29) is 0 Å². The minimum atomic E-state index is 0.573. The Kier molecular flexibility index (Phi) is 3.89. The summed E-state index contributed by atoms with van der Waals surface area (Å²) in [4.78, 5) is 0. The van der Waals surface area contributed by atoms with Gasteiger partial charge in [-0.05, 0) is 60.1 Å². The molecule has 82 valence electrons. The maximum atomic E-state index is 5.89. The topological polar surface area (TPSA) is 24.1 Å². The molecule has 0 saturated carbocycles. The summed E-state index contributed by atoms with van der Waals surface area (Å²) in [5.41, 5.74) is 1.13. The zero-order valence-corrected chi connectivity index (χ0v) is 10.7. The molecule has 0 atom stereocenters. The molecule has 15 heavy (non-hydrogen) atoms. The smallest absolute Gasteiger partial charge is 0.0487 e. The molecule has 1 heterocycles. The first kappa shape index (κ1) is 11.2. The second-order valence-corrected chi connectivity index (χ2v) is 5.08. The van der Waals surface area contributed by atoms with Gasteiger partial charge in [-0.15, -0.1) is 0 Å². The van der Waals surface area contributed by atoms with E-state index in [0.717, 1.165) is 28.3 Å². The molecule has 1 aliphatic rings. The summed E-state index contributed by atoms with van der Waals surface area (Å²) in [6, 6.07) is 6.43. The van der Waals surface area contributed by atoms with Gasteiger partial charge in [0, 0.05) is 21.2 Å². The number of anilines is 1. The Morgan fingerprint density at radius 2 is 2.07 bits per heavy atom. The van der Waals surface area contributed by atoms with Crippen molar-refractivity contribution in [2.24, 2.45) is 0 Å². The Labute approximate surface area is 104 Å². The van der Waals surface area contributed by atoms with Crippen molar-refractivity contribution in [2.45, 2.75) is 18.9 Å². The highest BCUT2D eigenvalue weighted by atomic mass is 79.9. The van der Waals surface area contributed by atoms with E-state index in [2.05, 4.69) is 26.6 Å². The first-order valence-electron chi connectivity index (χ1n) is 5.18. The monoisotopic (exact) mass is 288 g/mol. The van der Waals surface area contributed by atoms with Crippen LogP contribution >= 0.6 is 27.5 Å². The van der Waals surface area contributed by atoms with E-state index >= 15 is 0 Å². The molecule has 2 rings (SSSR count). The molecule has 0 amide bonds. The van der Waals surface area contributed by atoms with Gasteiger partial charge in [-0.2, -0.15) is 0 Å². The van der Waals surface area contributed by atoms with Crippen molar-refractivity contribution in [3.63, 3.8) is 0 Å². The Balaban J connectivity index is 2.03. The Morgan fingerprint density at radius 1 is 1.33 bits per heavy atom. The molecular weight excluding hydrogens is 275 g/mol. The Hall–Kier alpha value is -0.250. The van der Waals surface area contributed by atoms with Crippen LogP contribution in [0.15, 0.2) is 22.7 Å². The van der Waals surface area contributed by atoms with Crippen LogP contribution in [0, 0.1) is 0 Å². The van der Waals surface area contributed by atoms with Crippen molar-refractivity contribution in [2.75, 3.05) is 18.4 Å². The number of benzene rings is 1. The molecule has 0 bridgehead atoms. The van der Waals surface area contributed by atoms with Gasteiger partial charge in [0.1, 0.15) is 0 Å². The van der Waals surface area contributed by atoms with Crippen LogP contribution in [0.25, 0.3) is 0 Å². The number of halogens is 2. The van der Waals surface area contributed by atoms with E-state index in [9.17, 15) is 0 Å². The fourth-order valence-electron chi connectivity index (χ4n) is 1.79. The van der Waals surface area contributed by atoms with Crippen LogP contribution in [0.3, 0.4) is 0 Å². The van der Waals surface area contributed by atoms with Crippen LogP contribution < -0.4 is 10.6 Å². The Morgan fingerprint density at radius 3 is 2.73 bits per heavy atom. The van der Waals surface area contributed by atoms with Gasteiger partial charge in [0.05, 0.1) is 0 Å². The second-order valence-electron chi connectivity index (χ2n) is 3.79. The fraction of sp³-hybridized carbons (Fsp3) is 0.455. The summed E-state index contributed by atoms with van der Waals surface area (Å²) in [7, 11) is 0. The van der Waals surface area contributed by atoms with E-state index in [0.29, 0.717) is 6.04 Å². The number of nitrogens with one attached hydrogen (secondary N) is 2. The zero-order chi connectivity index (χ0) is 10.7. The molecule has 4 heteroatoms. The molecule has 1 fully saturated rings. The van der Waals surface area contributed by atoms with Crippen molar-refractivity contribution in [1.82, 2.24) is 5.32 Å². The molecule has 1 aliphatic heterocycles. The standard InChI is InChI=1S/C11H14BrClN2/c12-10-7-8(13)1-2-11(10)15-9-3-5-14-6-4-9/h1-2,7,9,14-15H,3-6H2. The van der Waals surface area contributed by atoms with Crippen LogP contribution in [0.1, 0.15) is 12.8 Å². The number of piperidine rings is 1. The van der Waals surface area contributed by atoms with E-state index in [4.69, 9.17) is 11.6 Å². The third-order valence-electron chi connectivity index (χ3n) is 2.63. The summed E-state index contributed by atoms with van der Waals surface area (Å²) < 4.78 is 1.04. The minimum Gasteiger partial charge on any atom is -0.381 e. The normalized spacial score (nSPS) is 17.7. The molecule has 1 aromatic carbocycles. The predicted molar refractivity (Wildman–Crippen MR) is 68.7 cm³/mol.